The minimum absolute atomic E-state index is 0.0458. The van der Waals surface area contributed by atoms with Gasteiger partial charge >= 0.3 is 6.01 Å². The van der Waals surface area contributed by atoms with Crippen molar-refractivity contribution >= 4 is 39.6 Å². The number of nitrogens with one attached hydrogen (secondary N) is 1. The Hall–Kier alpha value is -5.14. The van der Waals surface area contributed by atoms with Crippen LogP contribution >= 0.6 is 12.2 Å². The van der Waals surface area contributed by atoms with Gasteiger partial charge < -0.3 is 20.4 Å². The summed E-state index contributed by atoms with van der Waals surface area (Å²) in [6.45, 7) is 7.27. The molecule has 5 aromatic rings. The van der Waals surface area contributed by atoms with Crippen LogP contribution in [0.25, 0.3) is 33.3 Å². The van der Waals surface area contributed by atoms with Crippen molar-refractivity contribution < 1.29 is 9.13 Å². The van der Waals surface area contributed by atoms with Crippen molar-refractivity contribution in [3.63, 3.8) is 0 Å². The van der Waals surface area contributed by atoms with Crippen LogP contribution in [-0.2, 0) is 7.05 Å². The Morgan fingerprint density at radius 2 is 1.77 bits per heavy atom. The molecule has 0 unspecified atom stereocenters. The van der Waals surface area contributed by atoms with E-state index in [2.05, 4.69) is 32.9 Å². The average molecular weight is 550 g/mol. The van der Waals surface area contributed by atoms with Gasteiger partial charge in [-0.05, 0) is 54.8 Å². The molecule has 8 nitrogen and oxygen atoms in total. The van der Waals surface area contributed by atoms with E-state index >= 15 is 0 Å². The zero-order valence-electron chi connectivity index (χ0n) is 22.0. The molecule has 198 valence electrons. The summed E-state index contributed by atoms with van der Waals surface area (Å²) in [6.07, 6.45) is 2.56. The number of thiocarbonyl (C=S) groups is 1. The fraction of sp³-hybridized carbons (Fsp3) is 0.100. The molecular weight excluding hydrogens is 525 g/mol. The summed E-state index contributed by atoms with van der Waals surface area (Å²) in [6, 6.07) is 17.4. The minimum atomic E-state index is -0.503. The first kappa shape index (κ1) is 26.5. The van der Waals surface area contributed by atoms with Crippen LogP contribution in [0.15, 0.2) is 73.1 Å². The summed E-state index contributed by atoms with van der Waals surface area (Å²) >= 11 is 5.34. The smallest absolute Gasteiger partial charge is 0.322 e. The maximum atomic E-state index is 13.6. The molecule has 3 aromatic heterocycles. The summed E-state index contributed by atoms with van der Waals surface area (Å²) in [7, 11) is 1.90. The van der Waals surface area contributed by atoms with Gasteiger partial charge in [-0.25, -0.2) is 14.4 Å². The monoisotopic (exact) mass is 549 g/mol. The Kier molecular flexibility index (Phi) is 6.98. The molecule has 0 fully saturated rings. The number of ether oxygens (including phenoxy) is 1. The highest BCUT2D eigenvalue weighted by atomic mass is 32.1. The minimum Gasteiger partial charge on any atom is -0.424 e. The van der Waals surface area contributed by atoms with Crippen LogP contribution in [0.3, 0.4) is 0 Å². The molecule has 3 N–H and O–H groups in total. The molecule has 0 amide bonds. The lowest BCUT2D eigenvalue weighted by Crippen LogP contribution is -2.09. The van der Waals surface area contributed by atoms with Gasteiger partial charge in [-0.2, -0.15) is 10.2 Å². The molecule has 0 atom stereocenters. The number of nitrogens with zero attached hydrogens (tertiary/aromatic N) is 5. The predicted molar refractivity (Wildman–Crippen MR) is 159 cm³/mol. The van der Waals surface area contributed by atoms with E-state index in [1.54, 1.807) is 19.1 Å². The largest absolute Gasteiger partial charge is 0.424 e. The van der Waals surface area contributed by atoms with Crippen molar-refractivity contribution in [1.82, 2.24) is 19.5 Å². The number of halogens is 1. The lowest BCUT2D eigenvalue weighted by molar-refractivity contribution is 0.433. The van der Waals surface area contributed by atoms with Crippen LogP contribution in [0.2, 0.25) is 0 Å². The Labute approximate surface area is 235 Å². The van der Waals surface area contributed by atoms with Gasteiger partial charge in [0, 0.05) is 24.5 Å². The molecule has 5 rings (SSSR count). The highest BCUT2D eigenvalue weighted by Crippen LogP contribution is 2.43. The molecule has 0 aliphatic rings. The lowest BCUT2D eigenvalue weighted by atomic mass is 9.98. The lowest BCUT2D eigenvalue weighted by Gasteiger charge is -2.12. The molecule has 0 saturated heterocycles. The van der Waals surface area contributed by atoms with Crippen molar-refractivity contribution in [3.8, 4) is 40.2 Å². The second-order valence-corrected chi connectivity index (χ2v) is 9.61. The summed E-state index contributed by atoms with van der Waals surface area (Å²) in [5.74, 6) is 0.284. The van der Waals surface area contributed by atoms with Gasteiger partial charge in [0.15, 0.2) is 5.82 Å². The Morgan fingerprint density at radius 3 is 2.40 bits per heavy atom. The number of hydrogen-bond donors (Lipinski definition) is 2. The molecule has 0 bridgehead atoms. The maximum Gasteiger partial charge on any atom is 0.322 e. The molecule has 40 heavy (non-hydrogen) atoms. The standard InChI is InChI=1S/C30H24FN7OS/c1-16(2)29(40)37-21-9-5-19(6-10-21)26-24(25-27(38(26)4)20(13-32)14-34-28(25)33)18-7-11-22(12-8-18)39-30-35-15-23(31)17(3)36-30/h5-12,14-15H,1H2,2-4H3,(H2,33,34)(H,37,40). The number of aromatic nitrogens is 4. The van der Waals surface area contributed by atoms with E-state index in [-0.39, 0.29) is 11.7 Å². The van der Waals surface area contributed by atoms with Crippen LogP contribution < -0.4 is 15.8 Å². The first-order valence-electron chi connectivity index (χ1n) is 12.2. The van der Waals surface area contributed by atoms with Crippen LogP contribution in [0.4, 0.5) is 15.9 Å². The van der Waals surface area contributed by atoms with Crippen LogP contribution in [-0.4, -0.2) is 24.5 Å². The first-order chi connectivity index (χ1) is 19.2. The second kappa shape index (κ2) is 10.6. The fourth-order valence-electron chi connectivity index (χ4n) is 4.43. The molecule has 0 radical (unpaired) electrons. The highest BCUT2D eigenvalue weighted by Gasteiger charge is 2.23. The van der Waals surface area contributed by atoms with Gasteiger partial charge in [0.2, 0.25) is 0 Å². The molecular formula is C30H24FN7OS. The molecule has 2 aromatic carbocycles. The fourth-order valence-corrected chi connectivity index (χ4v) is 4.55. The Morgan fingerprint density at radius 1 is 1.10 bits per heavy atom. The van der Waals surface area contributed by atoms with E-state index < -0.39 is 5.82 Å². The van der Waals surface area contributed by atoms with Gasteiger partial charge in [-0.15, -0.1) is 0 Å². The summed E-state index contributed by atoms with van der Waals surface area (Å²) in [5, 5.41) is 13.7. The van der Waals surface area contributed by atoms with E-state index in [0.29, 0.717) is 33.0 Å². The summed E-state index contributed by atoms with van der Waals surface area (Å²) in [4.78, 5) is 12.8. The maximum absolute atomic E-state index is 13.6. The van der Waals surface area contributed by atoms with Gasteiger partial charge in [-0.3, -0.25) is 0 Å². The molecule has 0 aliphatic carbocycles. The van der Waals surface area contributed by atoms with Crippen LogP contribution in [0, 0.1) is 24.1 Å². The van der Waals surface area contributed by atoms with Crippen molar-refractivity contribution in [1.29, 1.82) is 5.26 Å². The number of rotatable bonds is 6. The SMILES string of the molecule is C=C(C)C(=S)Nc1ccc(-c2c(-c3ccc(Oc4ncc(F)c(C)n4)cc3)c3c(N)ncc(C#N)c3n2C)cc1. The molecule has 3 heterocycles. The van der Waals surface area contributed by atoms with E-state index in [9.17, 15) is 9.65 Å². The highest BCUT2D eigenvalue weighted by molar-refractivity contribution is 7.81. The third kappa shape index (κ3) is 4.86. The van der Waals surface area contributed by atoms with Gasteiger partial charge in [-0.1, -0.05) is 43.1 Å². The predicted octanol–water partition coefficient (Wildman–Crippen LogP) is 6.71. The third-order valence-electron chi connectivity index (χ3n) is 6.41. The number of nitrogens with two attached hydrogens (primary N) is 1. The van der Waals surface area contributed by atoms with E-state index in [0.717, 1.165) is 39.8 Å². The van der Waals surface area contributed by atoms with Gasteiger partial charge in [0.05, 0.1) is 34.1 Å². The van der Waals surface area contributed by atoms with Crippen molar-refractivity contribution in [2.75, 3.05) is 11.1 Å². The average Bonchev–Trinajstić information content (AvgIpc) is 3.25. The number of benzene rings is 2. The second-order valence-electron chi connectivity index (χ2n) is 9.20. The zero-order valence-corrected chi connectivity index (χ0v) is 22.8. The number of nitriles is 1. The number of aryl methyl sites for hydroxylation is 2. The zero-order chi connectivity index (χ0) is 28.6. The van der Waals surface area contributed by atoms with Crippen molar-refractivity contribution in [3.05, 3.63) is 90.2 Å². The molecule has 0 spiro atoms. The van der Waals surface area contributed by atoms with E-state index in [1.165, 1.54) is 6.20 Å². The number of fused-ring (bicyclic) bond motifs is 1. The van der Waals surface area contributed by atoms with Gasteiger partial charge in [0.1, 0.15) is 22.6 Å². The van der Waals surface area contributed by atoms with E-state index in [4.69, 9.17) is 22.7 Å². The van der Waals surface area contributed by atoms with Gasteiger partial charge in [0.25, 0.3) is 0 Å². The number of nitrogen functional groups attached to an aromatic ring is 1. The third-order valence-corrected chi connectivity index (χ3v) is 6.86. The molecule has 0 saturated carbocycles. The van der Waals surface area contributed by atoms with Crippen molar-refractivity contribution in [2.45, 2.75) is 13.8 Å². The first-order valence-corrected chi connectivity index (χ1v) is 12.6. The Bertz CT molecular complexity index is 1840. The van der Waals surface area contributed by atoms with Crippen LogP contribution in [0.1, 0.15) is 18.2 Å². The molecule has 10 heteroatoms. The number of hydrogen-bond acceptors (Lipinski definition) is 7. The quantitative estimate of drug-likeness (QED) is 0.177. The number of anilines is 2. The molecule has 0 aliphatic heterocycles. The normalized spacial score (nSPS) is 10.8. The topological polar surface area (TPSA) is 115 Å². The number of pyridine rings is 1. The van der Waals surface area contributed by atoms with Crippen LogP contribution in [0.5, 0.6) is 11.8 Å². The summed E-state index contributed by atoms with van der Waals surface area (Å²) < 4.78 is 21.2. The van der Waals surface area contributed by atoms with E-state index in [1.807, 2.05) is 54.9 Å². The summed E-state index contributed by atoms with van der Waals surface area (Å²) in [5.41, 5.74) is 12.7. The van der Waals surface area contributed by atoms with Crippen molar-refractivity contribution in [2.24, 2.45) is 7.05 Å². The Balaban J connectivity index is 1.62.